The molecule has 2 aromatic carbocycles. The molecule has 2 aliphatic rings. The van der Waals surface area contributed by atoms with Crippen LogP contribution in [0.5, 0.6) is 5.75 Å². The number of nitrogens with one attached hydrogen (secondary N) is 1. The molecule has 1 unspecified atom stereocenters. The highest BCUT2D eigenvalue weighted by molar-refractivity contribution is 5.89. The maximum Gasteiger partial charge on any atom is 0.242 e. The number of amides is 2. The zero-order chi connectivity index (χ0) is 25.5. The number of nitrogens with two attached hydrogens (primary N) is 1. The van der Waals surface area contributed by atoms with Crippen molar-refractivity contribution in [3.63, 3.8) is 0 Å². The van der Waals surface area contributed by atoms with Gasteiger partial charge in [-0.3, -0.25) is 14.5 Å². The molecule has 3 N–H and O–H groups in total. The first-order valence-corrected chi connectivity index (χ1v) is 12.7. The van der Waals surface area contributed by atoms with E-state index in [9.17, 15) is 9.59 Å². The highest BCUT2D eigenvalue weighted by Gasteiger charge is 2.42. The number of benzene rings is 2. The van der Waals surface area contributed by atoms with Crippen LogP contribution >= 0.6 is 0 Å². The van der Waals surface area contributed by atoms with E-state index < -0.39 is 6.04 Å². The molecule has 36 heavy (non-hydrogen) atoms. The van der Waals surface area contributed by atoms with Crippen LogP contribution in [0.25, 0.3) is 0 Å². The maximum atomic E-state index is 13.1. The largest absolute Gasteiger partial charge is 0.497 e. The lowest BCUT2D eigenvalue weighted by Gasteiger charge is -2.43. The summed E-state index contributed by atoms with van der Waals surface area (Å²) < 4.78 is 5.42. The van der Waals surface area contributed by atoms with Crippen LogP contribution in [0, 0.1) is 17.2 Å². The Morgan fingerprint density at radius 1 is 1.14 bits per heavy atom. The van der Waals surface area contributed by atoms with Crippen molar-refractivity contribution < 1.29 is 14.3 Å². The number of hydrogen-bond acceptors (Lipinski definition) is 6. The van der Waals surface area contributed by atoms with Gasteiger partial charge in [-0.05, 0) is 61.1 Å². The van der Waals surface area contributed by atoms with Gasteiger partial charge in [-0.25, -0.2) is 0 Å². The fourth-order valence-corrected chi connectivity index (χ4v) is 4.91. The Kier molecular flexibility index (Phi) is 8.57. The number of carbonyl (C=O) groups excluding carboxylic acids is 2. The van der Waals surface area contributed by atoms with E-state index in [1.807, 2.05) is 42.5 Å². The number of likely N-dealkylation sites (tertiary alicyclic amines) is 1. The minimum absolute atomic E-state index is 0.0675. The summed E-state index contributed by atoms with van der Waals surface area (Å²) in [6.45, 7) is 2.66. The number of carbonyl (C=O) groups is 2. The monoisotopic (exact) mass is 489 g/mol. The third-order valence-electron chi connectivity index (χ3n) is 7.04. The fourth-order valence-electron chi connectivity index (χ4n) is 4.91. The number of nitriles is 1. The topological polar surface area (TPSA) is 112 Å². The number of rotatable bonds is 10. The molecule has 1 aliphatic heterocycles. The normalized spacial score (nSPS) is 19.6. The molecule has 1 aliphatic carbocycles. The number of nitrogens with zero attached hydrogens (tertiary/aromatic N) is 3. The van der Waals surface area contributed by atoms with Crippen LogP contribution in [-0.4, -0.2) is 60.4 Å². The Bertz CT molecular complexity index is 1090. The highest BCUT2D eigenvalue weighted by Crippen LogP contribution is 2.34. The first-order chi connectivity index (χ1) is 17.5. The van der Waals surface area contributed by atoms with E-state index >= 15 is 0 Å². The summed E-state index contributed by atoms with van der Waals surface area (Å²) in [5.74, 6) is 0.847. The van der Waals surface area contributed by atoms with Gasteiger partial charge in [0.05, 0.1) is 18.7 Å². The van der Waals surface area contributed by atoms with Gasteiger partial charge < -0.3 is 20.7 Å². The average Bonchev–Trinajstić information content (AvgIpc) is 3.77. The van der Waals surface area contributed by atoms with E-state index in [0.717, 1.165) is 36.1 Å². The summed E-state index contributed by atoms with van der Waals surface area (Å²) in [4.78, 5) is 30.3. The van der Waals surface area contributed by atoms with Crippen molar-refractivity contribution in [2.24, 2.45) is 11.7 Å². The minimum Gasteiger partial charge on any atom is -0.497 e. The molecule has 1 heterocycles. The molecule has 2 aromatic rings. The second kappa shape index (κ2) is 12.0. The Balaban J connectivity index is 1.57. The Hall–Kier alpha value is -3.41. The molecule has 2 fully saturated rings. The number of piperidine rings is 1. The van der Waals surface area contributed by atoms with E-state index in [4.69, 9.17) is 15.7 Å². The van der Waals surface area contributed by atoms with Crippen molar-refractivity contribution in [2.45, 2.75) is 50.9 Å². The second-order valence-electron chi connectivity index (χ2n) is 9.64. The lowest BCUT2D eigenvalue weighted by atomic mass is 9.93. The molecule has 190 valence electrons. The van der Waals surface area contributed by atoms with E-state index in [1.54, 1.807) is 12.0 Å². The van der Waals surface area contributed by atoms with E-state index in [-0.39, 0.29) is 23.8 Å². The van der Waals surface area contributed by atoms with E-state index in [1.165, 1.54) is 0 Å². The third kappa shape index (κ3) is 6.42. The predicted molar refractivity (Wildman–Crippen MR) is 137 cm³/mol. The standard InChI is InChI=1S/C28H35N5O3/c1-36-25-4-2-3-22(15-25)19-32(18-21-7-5-20(17-30)6-8-21)24-11-14-33(28(35)23-9-10-23)26(16-24)27(34)31-13-12-29/h2-8,15,23-24,26H,9-14,16,18-19,29H2,1H3,(H,31,34)/t24?,26-/m1/s1. The van der Waals surface area contributed by atoms with Crippen molar-refractivity contribution in [2.75, 3.05) is 26.7 Å². The Morgan fingerprint density at radius 2 is 1.89 bits per heavy atom. The second-order valence-corrected chi connectivity index (χ2v) is 9.64. The van der Waals surface area contributed by atoms with E-state index in [2.05, 4.69) is 22.4 Å². The van der Waals surface area contributed by atoms with Gasteiger partial charge in [-0.1, -0.05) is 24.3 Å². The van der Waals surface area contributed by atoms with Gasteiger partial charge in [0.15, 0.2) is 0 Å². The van der Waals surface area contributed by atoms with Crippen molar-refractivity contribution >= 4 is 11.8 Å². The summed E-state index contributed by atoms with van der Waals surface area (Å²) in [6, 6.07) is 17.4. The van der Waals surface area contributed by atoms with E-state index in [0.29, 0.717) is 44.7 Å². The van der Waals surface area contributed by atoms with Gasteiger partial charge in [0.25, 0.3) is 0 Å². The molecule has 8 heteroatoms. The van der Waals surface area contributed by atoms with Crippen molar-refractivity contribution in [1.29, 1.82) is 5.26 Å². The van der Waals surface area contributed by atoms with Gasteiger partial charge in [0.2, 0.25) is 11.8 Å². The number of methoxy groups -OCH3 is 1. The highest BCUT2D eigenvalue weighted by atomic mass is 16.5. The first kappa shape index (κ1) is 25.7. The van der Waals surface area contributed by atoms with Gasteiger partial charge in [-0.2, -0.15) is 5.26 Å². The molecule has 8 nitrogen and oxygen atoms in total. The molecular weight excluding hydrogens is 454 g/mol. The molecule has 1 saturated heterocycles. The van der Waals surface area contributed by atoms with Crippen molar-refractivity contribution in [1.82, 2.24) is 15.1 Å². The van der Waals surface area contributed by atoms with Gasteiger partial charge in [-0.15, -0.1) is 0 Å². The third-order valence-corrected chi connectivity index (χ3v) is 7.04. The molecule has 0 spiro atoms. The Morgan fingerprint density at radius 3 is 2.56 bits per heavy atom. The molecule has 0 radical (unpaired) electrons. The SMILES string of the molecule is COc1cccc(CN(Cc2ccc(C#N)cc2)C2CCN(C(=O)C3CC3)[C@@H](C(=O)NCCN)C2)c1. The number of ether oxygens (including phenoxy) is 1. The van der Waals surface area contributed by atoms with Crippen LogP contribution in [0.15, 0.2) is 48.5 Å². The molecule has 2 amide bonds. The summed E-state index contributed by atoms with van der Waals surface area (Å²) >= 11 is 0. The zero-order valence-corrected chi connectivity index (χ0v) is 20.9. The molecule has 0 bridgehead atoms. The minimum atomic E-state index is -0.503. The Labute approximate surface area is 213 Å². The van der Waals surface area contributed by atoms with Gasteiger partial charge >= 0.3 is 0 Å². The average molecular weight is 490 g/mol. The summed E-state index contributed by atoms with van der Waals surface area (Å²) in [5, 5.41) is 12.1. The first-order valence-electron chi connectivity index (χ1n) is 12.7. The fraction of sp³-hybridized carbons (Fsp3) is 0.464. The van der Waals surface area contributed by atoms with Crippen LogP contribution in [0.3, 0.4) is 0 Å². The quantitative estimate of drug-likeness (QED) is 0.530. The maximum absolute atomic E-state index is 13.1. The smallest absolute Gasteiger partial charge is 0.242 e. The van der Waals surface area contributed by atoms with Crippen LogP contribution in [-0.2, 0) is 22.7 Å². The summed E-state index contributed by atoms with van der Waals surface area (Å²) in [7, 11) is 1.66. The van der Waals surface area contributed by atoms with Crippen LogP contribution in [0.4, 0.5) is 0 Å². The lowest BCUT2D eigenvalue weighted by Crippen LogP contribution is -2.57. The molecule has 0 aromatic heterocycles. The lowest BCUT2D eigenvalue weighted by molar-refractivity contribution is -0.144. The van der Waals surface area contributed by atoms with Crippen LogP contribution < -0.4 is 15.8 Å². The summed E-state index contributed by atoms with van der Waals surface area (Å²) in [5.41, 5.74) is 8.45. The molecule has 1 saturated carbocycles. The van der Waals surface area contributed by atoms with Crippen LogP contribution in [0.2, 0.25) is 0 Å². The summed E-state index contributed by atoms with van der Waals surface area (Å²) in [6.07, 6.45) is 3.18. The molecule has 2 atom stereocenters. The van der Waals surface area contributed by atoms with Crippen molar-refractivity contribution in [3.05, 3.63) is 65.2 Å². The molecule has 4 rings (SSSR count). The van der Waals surface area contributed by atoms with Gasteiger partial charge in [0, 0.05) is 44.7 Å². The number of hydrogen-bond donors (Lipinski definition) is 2. The predicted octanol–water partition coefficient (Wildman–Crippen LogP) is 2.41. The van der Waals surface area contributed by atoms with Crippen LogP contribution in [0.1, 0.15) is 42.4 Å². The van der Waals surface area contributed by atoms with Gasteiger partial charge in [0.1, 0.15) is 11.8 Å². The zero-order valence-electron chi connectivity index (χ0n) is 20.9. The van der Waals surface area contributed by atoms with Crippen molar-refractivity contribution in [3.8, 4) is 11.8 Å². The molecular formula is C28H35N5O3.